The third kappa shape index (κ3) is 6.38. The fourth-order valence-corrected chi connectivity index (χ4v) is 0.377. The average molecular weight is 201 g/mol. The van der Waals surface area contributed by atoms with Crippen LogP contribution in [-0.4, -0.2) is 18.7 Å². The molecule has 0 fully saturated rings. The number of hydrogen-bond donors (Lipinski definition) is 0. The second-order valence-corrected chi connectivity index (χ2v) is 1.56. The van der Waals surface area contributed by atoms with Crippen molar-refractivity contribution in [2.45, 2.75) is 6.92 Å². The van der Waals surface area contributed by atoms with E-state index in [1.807, 2.05) is 0 Å². The SMILES string of the molecule is CCOC(=O)C[PH3+].[Br-]. The molecule has 0 aliphatic carbocycles. The zero-order valence-electron chi connectivity index (χ0n) is 4.82. The van der Waals surface area contributed by atoms with Gasteiger partial charge in [-0.05, 0) is 16.2 Å². The van der Waals surface area contributed by atoms with E-state index < -0.39 is 0 Å². The van der Waals surface area contributed by atoms with Crippen molar-refractivity contribution in [3.8, 4) is 0 Å². The van der Waals surface area contributed by atoms with E-state index in [-0.39, 0.29) is 23.0 Å². The summed E-state index contributed by atoms with van der Waals surface area (Å²) in [7, 11) is 1.60. The fraction of sp³-hybridized carbons (Fsp3) is 0.750. The maximum absolute atomic E-state index is 10.2. The minimum absolute atomic E-state index is 0. The van der Waals surface area contributed by atoms with Crippen molar-refractivity contribution in [2.75, 3.05) is 12.8 Å². The summed E-state index contributed by atoms with van der Waals surface area (Å²) >= 11 is 0. The van der Waals surface area contributed by atoms with Crippen LogP contribution in [0, 0.1) is 0 Å². The van der Waals surface area contributed by atoms with Crippen LogP contribution in [0.4, 0.5) is 0 Å². The van der Waals surface area contributed by atoms with Gasteiger partial charge in [0.2, 0.25) is 0 Å². The van der Waals surface area contributed by atoms with Crippen molar-refractivity contribution >= 4 is 15.2 Å². The van der Waals surface area contributed by atoms with E-state index in [0.29, 0.717) is 12.8 Å². The molecule has 2 nitrogen and oxygen atoms in total. The Labute approximate surface area is 62.0 Å². The van der Waals surface area contributed by atoms with Gasteiger partial charge in [0.25, 0.3) is 0 Å². The quantitative estimate of drug-likeness (QED) is 0.355. The third-order valence-electron chi connectivity index (χ3n) is 0.509. The van der Waals surface area contributed by atoms with Crippen molar-refractivity contribution in [1.82, 2.24) is 0 Å². The van der Waals surface area contributed by atoms with Crippen LogP contribution in [-0.2, 0) is 9.53 Å². The van der Waals surface area contributed by atoms with Gasteiger partial charge in [0, 0.05) is 0 Å². The van der Waals surface area contributed by atoms with Crippen LogP contribution in [0.25, 0.3) is 0 Å². The first kappa shape index (κ1) is 11.2. The molecule has 0 saturated carbocycles. The predicted molar refractivity (Wildman–Crippen MR) is 32.6 cm³/mol. The molecule has 0 heterocycles. The summed E-state index contributed by atoms with van der Waals surface area (Å²) in [6, 6.07) is 0. The summed E-state index contributed by atoms with van der Waals surface area (Å²) in [5, 5.41) is 0. The number of rotatable bonds is 2. The van der Waals surface area contributed by atoms with Crippen molar-refractivity contribution in [1.29, 1.82) is 0 Å². The highest BCUT2D eigenvalue weighted by Gasteiger charge is 1.95. The largest absolute Gasteiger partial charge is 1.00 e. The molecule has 0 aliphatic heterocycles. The Morgan fingerprint density at radius 2 is 2.25 bits per heavy atom. The summed E-state index contributed by atoms with van der Waals surface area (Å²) in [5.74, 6) is -0.110. The van der Waals surface area contributed by atoms with Gasteiger partial charge in [-0.15, -0.1) is 0 Å². The first-order chi connectivity index (χ1) is 3.31. The molecule has 0 aromatic carbocycles. The molecule has 50 valence electrons. The summed E-state index contributed by atoms with van der Waals surface area (Å²) < 4.78 is 4.56. The molecule has 1 atom stereocenters. The Hall–Kier alpha value is 0.380. The molecule has 1 unspecified atom stereocenters. The van der Waals surface area contributed by atoms with Crippen LogP contribution in [0.2, 0.25) is 0 Å². The summed E-state index contributed by atoms with van der Waals surface area (Å²) in [6.45, 7) is 2.30. The molecule has 0 amide bonds. The molecule has 4 heteroatoms. The molecule has 0 spiro atoms. The third-order valence-corrected chi connectivity index (χ3v) is 0.918. The summed E-state index contributed by atoms with van der Waals surface area (Å²) in [4.78, 5) is 10.2. The van der Waals surface area contributed by atoms with Crippen LogP contribution in [0.15, 0.2) is 0 Å². The monoisotopic (exact) mass is 200 g/mol. The Balaban J connectivity index is 0. The lowest BCUT2D eigenvalue weighted by molar-refractivity contribution is -0.139. The molecule has 0 saturated heterocycles. The van der Waals surface area contributed by atoms with E-state index in [0.717, 1.165) is 0 Å². The highest BCUT2D eigenvalue weighted by atomic mass is 79.9. The van der Waals surface area contributed by atoms with Gasteiger partial charge in [-0.25, -0.2) is 4.79 Å². The van der Waals surface area contributed by atoms with E-state index >= 15 is 0 Å². The Kier molecular flexibility index (Phi) is 10.3. The number of halogens is 1. The van der Waals surface area contributed by atoms with Gasteiger partial charge in [0.05, 0.1) is 6.61 Å². The van der Waals surface area contributed by atoms with Gasteiger partial charge in [0.15, 0.2) is 0 Å². The second-order valence-electron chi connectivity index (χ2n) is 1.06. The van der Waals surface area contributed by atoms with E-state index in [1.165, 1.54) is 0 Å². The molecule has 0 aliphatic rings. The van der Waals surface area contributed by atoms with Gasteiger partial charge in [-0.1, -0.05) is 0 Å². The minimum atomic E-state index is -0.110. The molecule has 8 heavy (non-hydrogen) atoms. The van der Waals surface area contributed by atoms with Crippen LogP contribution < -0.4 is 17.0 Å². The molecule has 0 N–H and O–H groups in total. The van der Waals surface area contributed by atoms with E-state index in [4.69, 9.17) is 0 Å². The van der Waals surface area contributed by atoms with Gasteiger partial charge in [0.1, 0.15) is 6.16 Å². The van der Waals surface area contributed by atoms with E-state index in [1.54, 1.807) is 16.2 Å². The molecule has 0 bridgehead atoms. The number of ether oxygens (including phenoxy) is 1. The van der Waals surface area contributed by atoms with Crippen LogP contribution in [0.3, 0.4) is 0 Å². The first-order valence-electron chi connectivity index (χ1n) is 2.26. The Morgan fingerprint density at radius 3 is 2.38 bits per heavy atom. The smallest absolute Gasteiger partial charge is 0.343 e. The molecule has 0 radical (unpaired) electrons. The number of carbonyl (C=O) groups excluding carboxylic acids is 1. The predicted octanol–water partition coefficient (Wildman–Crippen LogP) is -2.84. The number of carbonyl (C=O) groups is 1. The molecule has 0 aromatic rings. The molecular weight excluding hydrogens is 191 g/mol. The van der Waals surface area contributed by atoms with Crippen molar-refractivity contribution in [2.24, 2.45) is 0 Å². The van der Waals surface area contributed by atoms with Crippen LogP contribution >= 0.6 is 9.24 Å². The highest BCUT2D eigenvalue weighted by molar-refractivity contribution is 7.18. The van der Waals surface area contributed by atoms with Crippen molar-refractivity contribution in [3.05, 3.63) is 0 Å². The fourth-order valence-electron chi connectivity index (χ4n) is 0.233. The van der Waals surface area contributed by atoms with Gasteiger partial charge in [-0.3, -0.25) is 0 Å². The first-order valence-corrected chi connectivity index (χ1v) is 3.26. The lowest BCUT2D eigenvalue weighted by Gasteiger charge is -1.91. The molecule has 0 rings (SSSR count). The van der Waals surface area contributed by atoms with Gasteiger partial charge < -0.3 is 21.7 Å². The minimum Gasteiger partial charge on any atom is -1.00 e. The Morgan fingerprint density at radius 1 is 1.75 bits per heavy atom. The topological polar surface area (TPSA) is 26.3 Å². The second kappa shape index (κ2) is 7.38. The van der Waals surface area contributed by atoms with Gasteiger partial charge in [-0.2, -0.15) is 0 Å². The van der Waals surface area contributed by atoms with Crippen LogP contribution in [0.1, 0.15) is 6.92 Å². The highest BCUT2D eigenvalue weighted by Crippen LogP contribution is 1.83. The van der Waals surface area contributed by atoms with Crippen molar-refractivity contribution in [3.63, 3.8) is 0 Å². The van der Waals surface area contributed by atoms with E-state index in [2.05, 4.69) is 4.74 Å². The zero-order valence-corrected chi connectivity index (χ0v) is 7.82. The van der Waals surface area contributed by atoms with E-state index in [9.17, 15) is 4.79 Å². The normalized spacial score (nSPS) is 7.62. The standard InChI is InChI=1S/C4H9O2P.BrH/c1-2-6-4(5)3-7;/h2-3,7H2,1H3;1H. The number of esters is 1. The van der Waals surface area contributed by atoms with Gasteiger partial charge >= 0.3 is 5.97 Å². The summed E-state index contributed by atoms with van der Waals surface area (Å²) in [6.07, 6.45) is 0.508. The molecular formula is C4H10BrO2P. The summed E-state index contributed by atoms with van der Waals surface area (Å²) in [5.41, 5.74) is 0. The lowest BCUT2D eigenvalue weighted by Crippen LogP contribution is -3.00. The zero-order chi connectivity index (χ0) is 5.70. The maximum atomic E-state index is 10.2. The molecule has 0 aromatic heterocycles. The lowest BCUT2D eigenvalue weighted by atomic mass is 10.8. The van der Waals surface area contributed by atoms with Crippen molar-refractivity contribution < 1.29 is 26.5 Å². The van der Waals surface area contributed by atoms with Crippen LogP contribution in [0.5, 0.6) is 0 Å². The average Bonchev–Trinajstić information content (AvgIpc) is 1.68. The Bertz CT molecular complexity index is 67.1. The number of hydrogen-bond acceptors (Lipinski definition) is 2. The maximum Gasteiger partial charge on any atom is 0.343 e.